The average Bonchev–Trinajstić information content (AvgIpc) is 3.17. The maximum Gasteiger partial charge on any atom is 0.411 e. The molecule has 35 heavy (non-hydrogen) atoms. The third-order valence-corrected chi connectivity index (χ3v) is 6.33. The Morgan fingerprint density at radius 1 is 0.943 bits per heavy atom. The van der Waals surface area contributed by atoms with E-state index in [4.69, 9.17) is 9.84 Å². The number of carboxylic acids is 1. The number of aliphatic carboxylic acids is 1. The first-order valence-corrected chi connectivity index (χ1v) is 11.6. The summed E-state index contributed by atoms with van der Waals surface area (Å²) in [6.07, 6.45) is -0.697. The monoisotopic (exact) mass is 472 g/mol. The molecular weight excluding hydrogens is 444 g/mol. The van der Waals surface area contributed by atoms with Gasteiger partial charge in [-0.2, -0.15) is 0 Å². The molecule has 180 valence electrons. The number of benzene rings is 3. The van der Waals surface area contributed by atoms with Gasteiger partial charge in [-0.15, -0.1) is 0 Å². The molecular formula is C28H28N2O5. The zero-order valence-electron chi connectivity index (χ0n) is 19.7. The number of hydrogen-bond donors (Lipinski definition) is 2. The Balaban J connectivity index is 1.37. The number of ether oxygens (including phenoxy) is 1. The number of rotatable bonds is 8. The van der Waals surface area contributed by atoms with Crippen molar-refractivity contribution in [3.05, 3.63) is 89.5 Å². The highest BCUT2D eigenvalue weighted by Crippen LogP contribution is 2.44. The van der Waals surface area contributed by atoms with E-state index in [9.17, 15) is 14.4 Å². The lowest BCUT2D eigenvalue weighted by Crippen LogP contribution is -2.39. The standard InChI is InChI=1S/C28H28N2O5/c1-3-30(18(2)16-26(31)32)27(33)19-12-14-20(15-13-19)29-28(34)35-17-25-23-10-6-4-8-21(23)22-9-5-7-11-24(22)25/h4-15,18,25H,3,16-17H2,1-2H3,(H,29,34)(H,31,32). The van der Waals surface area contributed by atoms with Crippen molar-refractivity contribution in [2.45, 2.75) is 32.2 Å². The van der Waals surface area contributed by atoms with Crippen molar-refractivity contribution in [2.75, 3.05) is 18.5 Å². The van der Waals surface area contributed by atoms with E-state index in [2.05, 4.69) is 29.6 Å². The van der Waals surface area contributed by atoms with Crippen LogP contribution in [-0.2, 0) is 9.53 Å². The summed E-state index contributed by atoms with van der Waals surface area (Å²) in [7, 11) is 0. The van der Waals surface area contributed by atoms with Crippen LogP contribution in [0.3, 0.4) is 0 Å². The van der Waals surface area contributed by atoms with E-state index in [1.165, 1.54) is 4.90 Å². The highest BCUT2D eigenvalue weighted by molar-refractivity contribution is 5.95. The topological polar surface area (TPSA) is 95.9 Å². The van der Waals surface area contributed by atoms with E-state index in [1.807, 2.05) is 31.2 Å². The fraction of sp³-hybridized carbons (Fsp3) is 0.250. The molecule has 7 nitrogen and oxygen atoms in total. The second-order valence-corrected chi connectivity index (χ2v) is 8.57. The summed E-state index contributed by atoms with van der Waals surface area (Å²) in [5.41, 5.74) is 5.53. The minimum Gasteiger partial charge on any atom is -0.481 e. The third kappa shape index (κ3) is 5.19. The quantitative estimate of drug-likeness (QED) is 0.459. The first-order chi connectivity index (χ1) is 16.9. The Morgan fingerprint density at radius 2 is 1.51 bits per heavy atom. The number of nitrogens with zero attached hydrogens (tertiary/aromatic N) is 1. The third-order valence-electron chi connectivity index (χ3n) is 6.33. The maximum absolute atomic E-state index is 12.8. The van der Waals surface area contributed by atoms with Gasteiger partial charge in [-0.25, -0.2) is 4.79 Å². The van der Waals surface area contributed by atoms with Gasteiger partial charge in [0.05, 0.1) is 6.42 Å². The lowest BCUT2D eigenvalue weighted by atomic mass is 9.98. The van der Waals surface area contributed by atoms with E-state index in [0.29, 0.717) is 17.8 Å². The van der Waals surface area contributed by atoms with Crippen molar-refractivity contribution in [1.82, 2.24) is 4.90 Å². The second-order valence-electron chi connectivity index (χ2n) is 8.57. The molecule has 2 amide bonds. The number of carboxylic acid groups (broad SMARTS) is 1. The van der Waals surface area contributed by atoms with Gasteiger partial charge < -0.3 is 14.7 Å². The first-order valence-electron chi connectivity index (χ1n) is 11.6. The molecule has 4 rings (SSSR count). The molecule has 1 aliphatic rings. The predicted octanol–water partition coefficient (Wildman–Crippen LogP) is 5.37. The van der Waals surface area contributed by atoms with E-state index < -0.39 is 18.1 Å². The number of carbonyl (C=O) groups is 3. The van der Waals surface area contributed by atoms with Gasteiger partial charge in [-0.1, -0.05) is 48.5 Å². The van der Waals surface area contributed by atoms with E-state index >= 15 is 0 Å². The van der Waals surface area contributed by atoms with Crippen LogP contribution in [0, 0.1) is 0 Å². The van der Waals surface area contributed by atoms with Crippen LogP contribution in [-0.4, -0.2) is 47.2 Å². The van der Waals surface area contributed by atoms with Crippen molar-refractivity contribution in [2.24, 2.45) is 0 Å². The van der Waals surface area contributed by atoms with Gasteiger partial charge in [0.25, 0.3) is 5.91 Å². The van der Waals surface area contributed by atoms with Crippen molar-refractivity contribution in [3.8, 4) is 11.1 Å². The largest absolute Gasteiger partial charge is 0.481 e. The van der Waals surface area contributed by atoms with Crippen molar-refractivity contribution >= 4 is 23.7 Å². The number of hydrogen-bond acceptors (Lipinski definition) is 4. The van der Waals surface area contributed by atoms with Crippen LogP contribution in [0.15, 0.2) is 72.8 Å². The summed E-state index contributed by atoms with van der Waals surface area (Å²) in [5, 5.41) is 11.7. The fourth-order valence-corrected chi connectivity index (χ4v) is 4.63. The van der Waals surface area contributed by atoms with Gasteiger partial charge in [0, 0.05) is 29.8 Å². The molecule has 0 saturated heterocycles. The smallest absolute Gasteiger partial charge is 0.411 e. The van der Waals surface area contributed by atoms with E-state index in [0.717, 1.165) is 22.3 Å². The minimum atomic E-state index is -0.952. The number of nitrogens with one attached hydrogen (secondary N) is 1. The van der Waals surface area contributed by atoms with Gasteiger partial charge in [0.15, 0.2) is 0 Å². The molecule has 7 heteroatoms. The SMILES string of the molecule is CCN(C(=O)c1ccc(NC(=O)OCC2c3ccccc3-c3ccccc32)cc1)C(C)CC(=O)O. The molecule has 2 N–H and O–H groups in total. The van der Waals surface area contributed by atoms with Gasteiger partial charge in [0.2, 0.25) is 0 Å². The van der Waals surface area contributed by atoms with Crippen LogP contribution in [0.4, 0.5) is 10.5 Å². The fourth-order valence-electron chi connectivity index (χ4n) is 4.63. The summed E-state index contributed by atoms with van der Waals surface area (Å²) in [5.74, 6) is -1.23. The molecule has 1 atom stereocenters. The molecule has 0 radical (unpaired) electrons. The zero-order valence-corrected chi connectivity index (χ0v) is 19.7. The Morgan fingerprint density at radius 3 is 2.06 bits per heavy atom. The van der Waals surface area contributed by atoms with Crippen molar-refractivity contribution in [3.63, 3.8) is 0 Å². The Labute approximate surface area is 204 Å². The van der Waals surface area contributed by atoms with Gasteiger partial charge >= 0.3 is 12.1 Å². The number of amides is 2. The molecule has 0 spiro atoms. The molecule has 0 fully saturated rings. The summed E-state index contributed by atoms with van der Waals surface area (Å²) in [6, 6.07) is 22.3. The summed E-state index contributed by atoms with van der Waals surface area (Å²) in [6.45, 7) is 4.13. The molecule has 0 heterocycles. The molecule has 0 saturated carbocycles. The normalized spacial score (nSPS) is 12.9. The molecule has 0 aliphatic heterocycles. The Bertz CT molecular complexity index is 1190. The van der Waals surface area contributed by atoms with Crippen LogP contribution in [0.25, 0.3) is 11.1 Å². The van der Waals surface area contributed by atoms with Gasteiger partial charge in [-0.3, -0.25) is 14.9 Å². The lowest BCUT2D eigenvalue weighted by molar-refractivity contribution is -0.138. The second kappa shape index (κ2) is 10.4. The van der Waals surface area contributed by atoms with Crippen LogP contribution in [0.1, 0.15) is 47.7 Å². The molecule has 3 aromatic carbocycles. The number of fused-ring (bicyclic) bond motifs is 3. The average molecular weight is 473 g/mol. The minimum absolute atomic E-state index is 0.0269. The lowest BCUT2D eigenvalue weighted by Gasteiger charge is -2.27. The number of anilines is 1. The Kier molecular flexibility index (Phi) is 7.15. The zero-order chi connectivity index (χ0) is 24.9. The molecule has 3 aromatic rings. The van der Waals surface area contributed by atoms with Crippen LogP contribution in [0.5, 0.6) is 0 Å². The highest BCUT2D eigenvalue weighted by Gasteiger charge is 2.29. The Hall–Kier alpha value is -4.13. The summed E-state index contributed by atoms with van der Waals surface area (Å²) < 4.78 is 5.56. The van der Waals surface area contributed by atoms with E-state index in [1.54, 1.807) is 31.2 Å². The van der Waals surface area contributed by atoms with Crippen LogP contribution < -0.4 is 5.32 Å². The summed E-state index contributed by atoms with van der Waals surface area (Å²) in [4.78, 5) is 37.8. The number of carbonyl (C=O) groups excluding carboxylic acids is 2. The molecule has 0 aromatic heterocycles. The van der Waals surface area contributed by atoms with E-state index in [-0.39, 0.29) is 24.9 Å². The maximum atomic E-state index is 12.8. The van der Waals surface area contributed by atoms with Crippen LogP contribution in [0.2, 0.25) is 0 Å². The van der Waals surface area contributed by atoms with Crippen molar-refractivity contribution in [1.29, 1.82) is 0 Å². The van der Waals surface area contributed by atoms with Crippen molar-refractivity contribution < 1.29 is 24.2 Å². The van der Waals surface area contributed by atoms with Gasteiger partial charge in [-0.05, 0) is 60.4 Å². The van der Waals surface area contributed by atoms with Crippen LogP contribution >= 0.6 is 0 Å². The highest BCUT2D eigenvalue weighted by atomic mass is 16.5. The molecule has 1 unspecified atom stereocenters. The molecule has 0 bridgehead atoms. The summed E-state index contributed by atoms with van der Waals surface area (Å²) >= 11 is 0. The molecule has 1 aliphatic carbocycles. The first kappa shape index (κ1) is 24.0. The van der Waals surface area contributed by atoms with Gasteiger partial charge in [0.1, 0.15) is 6.61 Å². The predicted molar refractivity (Wildman–Crippen MR) is 134 cm³/mol.